The molecule has 1 heterocycles. The number of hydrogen-bond donors (Lipinski definition) is 1. The smallest absolute Gasteiger partial charge is 0.339 e. The second-order valence-corrected chi connectivity index (χ2v) is 5.78. The average molecular weight is 329 g/mol. The zero-order chi connectivity index (χ0) is 16.3. The van der Waals surface area contributed by atoms with Gasteiger partial charge in [0.1, 0.15) is 0 Å². The summed E-state index contributed by atoms with van der Waals surface area (Å²) in [6.07, 6.45) is -0.679. The molecule has 0 radical (unpaired) electrons. The standard InChI is InChI=1S/C16H21ClO5/c1-4-20-16(19)14(18)13-10(17)8-11-15(12(13)9(2)3)22-7-5-6-21-11/h8-9,14,18H,4-7H2,1-3H3. The molecule has 1 atom stereocenters. The molecule has 0 aromatic heterocycles. The van der Waals surface area contributed by atoms with Crippen molar-refractivity contribution in [2.75, 3.05) is 19.8 Å². The van der Waals surface area contributed by atoms with Gasteiger partial charge in [0.2, 0.25) is 0 Å². The molecule has 6 heteroatoms. The number of rotatable bonds is 4. The maximum absolute atomic E-state index is 11.9. The minimum atomic E-state index is -1.44. The SMILES string of the molecule is CCOC(=O)C(O)c1c(Cl)cc2c(c1C(C)C)OCCCO2. The van der Waals surface area contributed by atoms with Crippen molar-refractivity contribution in [3.05, 3.63) is 22.2 Å². The highest BCUT2D eigenvalue weighted by molar-refractivity contribution is 6.32. The van der Waals surface area contributed by atoms with Gasteiger partial charge in [-0.3, -0.25) is 0 Å². The van der Waals surface area contributed by atoms with Crippen molar-refractivity contribution in [3.63, 3.8) is 0 Å². The van der Waals surface area contributed by atoms with Crippen LogP contribution in [-0.2, 0) is 9.53 Å². The molecule has 1 N–H and O–H groups in total. The van der Waals surface area contributed by atoms with Gasteiger partial charge < -0.3 is 19.3 Å². The van der Waals surface area contributed by atoms with E-state index in [0.717, 1.165) is 6.42 Å². The minimum Gasteiger partial charge on any atom is -0.489 e. The van der Waals surface area contributed by atoms with E-state index in [1.165, 1.54) is 0 Å². The number of esters is 1. The molecule has 1 aromatic rings. The normalized spacial score (nSPS) is 15.4. The monoisotopic (exact) mass is 328 g/mol. The van der Waals surface area contributed by atoms with Crippen molar-refractivity contribution >= 4 is 17.6 Å². The molecule has 5 nitrogen and oxygen atoms in total. The van der Waals surface area contributed by atoms with Crippen LogP contribution in [0.4, 0.5) is 0 Å². The van der Waals surface area contributed by atoms with E-state index >= 15 is 0 Å². The van der Waals surface area contributed by atoms with Crippen molar-refractivity contribution in [1.29, 1.82) is 0 Å². The lowest BCUT2D eigenvalue weighted by Gasteiger charge is -2.23. The molecule has 0 bridgehead atoms. The molecule has 0 spiro atoms. The number of benzene rings is 1. The summed E-state index contributed by atoms with van der Waals surface area (Å²) in [5.74, 6) is 0.371. The summed E-state index contributed by atoms with van der Waals surface area (Å²) >= 11 is 6.30. The third kappa shape index (κ3) is 3.31. The van der Waals surface area contributed by atoms with Gasteiger partial charge in [0, 0.05) is 23.6 Å². The van der Waals surface area contributed by atoms with Gasteiger partial charge >= 0.3 is 5.97 Å². The van der Waals surface area contributed by atoms with Crippen molar-refractivity contribution in [2.24, 2.45) is 0 Å². The van der Waals surface area contributed by atoms with Crippen LogP contribution in [0.2, 0.25) is 5.02 Å². The molecule has 1 aliphatic rings. The van der Waals surface area contributed by atoms with Crippen molar-refractivity contribution in [2.45, 2.75) is 39.2 Å². The number of ether oxygens (including phenoxy) is 3. The van der Waals surface area contributed by atoms with Gasteiger partial charge in [0.05, 0.1) is 24.8 Å². The van der Waals surface area contributed by atoms with Gasteiger partial charge in [-0.05, 0) is 12.8 Å². The maximum Gasteiger partial charge on any atom is 0.339 e. The van der Waals surface area contributed by atoms with E-state index in [9.17, 15) is 9.90 Å². The van der Waals surface area contributed by atoms with Crippen molar-refractivity contribution in [3.8, 4) is 11.5 Å². The molecule has 0 saturated heterocycles. The zero-order valence-corrected chi connectivity index (χ0v) is 13.8. The van der Waals surface area contributed by atoms with Crippen molar-refractivity contribution < 1.29 is 24.1 Å². The van der Waals surface area contributed by atoms with E-state index < -0.39 is 12.1 Å². The Balaban J connectivity index is 2.57. The highest BCUT2D eigenvalue weighted by Crippen LogP contribution is 2.45. The topological polar surface area (TPSA) is 65.0 Å². The first-order valence-corrected chi connectivity index (χ1v) is 7.81. The Morgan fingerprint density at radius 1 is 1.36 bits per heavy atom. The van der Waals surface area contributed by atoms with Crippen LogP contribution in [0.1, 0.15) is 50.3 Å². The average Bonchev–Trinajstić information content (AvgIpc) is 2.70. The minimum absolute atomic E-state index is 0.00627. The van der Waals surface area contributed by atoms with Crippen LogP contribution in [0.25, 0.3) is 0 Å². The molecule has 2 rings (SSSR count). The van der Waals surface area contributed by atoms with Crippen LogP contribution in [-0.4, -0.2) is 30.9 Å². The molecular formula is C16H21ClO5. The lowest BCUT2D eigenvalue weighted by atomic mass is 9.92. The van der Waals surface area contributed by atoms with Crippen LogP contribution < -0.4 is 9.47 Å². The van der Waals surface area contributed by atoms with E-state index in [0.29, 0.717) is 35.8 Å². The molecule has 1 aliphatic heterocycles. The third-order valence-electron chi connectivity index (χ3n) is 3.43. The van der Waals surface area contributed by atoms with Gasteiger partial charge in [-0.25, -0.2) is 4.79 Å². The molecule has 0 aliphatic carbocycles. The summed E-state index contributed by atoms with van der Waals surface area (Å²) in [4.78, 5) is 11.9. The van der Waals surface area contributed by atoms with E-state index in [1.807, 2.05) is 13.8 Å². The molecule has 0 saturated carbocycles. The van der Waals surface area contributed by atoms with Gasteiger partial charge in [0.15, 0.2) is 17.6 Å². The molecule has 0 fully saturated rings. The molecular weight excluding hydrogens is 308 g/mol. The number of fused-ring (bicyclic) bond motifs is 1. The molecule has 1 aromatic carbocycles. The van der Waals surface area contributed by atoms with Crippen LogP contribution in [0.15, 0.2) is 6.07 Å². The summed E-state index contributed by atoms with van der Waals surface area (Å²) in [6, 6.07) is 1.59. The van der Waals surface area contributed by atoms with Gasteiger partial charge in [-0.2, -0.15) is 0 Å². The number of aliphatic hydroxyl groups is 1. The molecule has 0 amide bonds. The second-order valence-electron chi connectivity index (χ2n) is 5.37. The predicted molar refractivity (Wildman–Crippen MR) is 82.7 cm³/mol. The molecule has 122 valence electrons. The Kier molecular flexibility index (Phi) is 5.53. The van der Waals surface area contributed by atoms with Gasteiger partial charge in [0.25, 0.3) is 0 Å². The van der Waals surface area contributed by atoms with E-state index in [2.05, 4.69) is 0 Å². The zero-order valence-electron chi connectivity index (χ0n) is 13.0. The molecule has 1 unspecified atom stereocenters. The van der Waals surface area contributed by atoms with Crippen molar-refractivity contribution in [1.82, 2.24) is 0 Å². The predicted octanol–water partition coefficient (Wildman–Crippen LogP) is 3.22. The summed E-state index contributed by atoms with van der Waals surface area (Å²) in [6.45, 7) is 6.83. The largest absolute Gasteiger partial charge is 0.489 e. The van der Waals surface area contributed by atoms with E-state index in [1.54, 1.807) is 13.0 Å². The van der Waals surface area contributed by atoms with Crippen LogP contribution in [0, 0.1) is 0 Å². The quantitative estimate of drug-likeness (QED) is 0.860. The van der Waals surface area contributed by atoms with Crippen LogP contribution in [0.5, 0.6) is 11.5 Å². The van der Waals surface area contributed by atoms with Crippen LogP contribution >= 0.6 is 11.6 Å². The summed E-state index contributed by atoms with van der Waals surface area (Å²) in [5.41, 5.74) is 1.02. The lowest BCUT2D eigenvalue weighted by molar-refractivity contribution is -0.153. The van der Waals surface area contributed by atoms with E-state index in [4.69, 9.17) is 25.8 Å². The number of aliphatic hydroxyl groups excluding tert-OH is 1. The van der Waals surface area contributed by atoms with E-state index in [-0.39, 0.29) is 17.5 Å². The first-order valence-electron chi connectivity index (χ1n) is 7.43. The maximum atomic E-state index is 11.9. The Hall–Kier alpha value is -1.46. The van der Waals surface area contributed by atoms with Gasteiger partial charge in [-0.1, -0.05) is 25.4 Å². The summed E-state index contributed by atoms with van der Waals surface area (Å²) in [7, 11) is 0. The fourth-order valence-corrected chi connectivity index (χ4v) is 2.81. The summed E-state index contributed by atoms with van der Waals surface area (Å²) < 4.78 is 16.3. The fraction of sp³-hybridized carbons (Fsp3) is 0.562. The highest BCUT2D eigenvalue weighted by atomic mass is 35.5. The first-order chi connectivity index (χ1) is 10.5. The first kappa shape index (κ1) is 16.9. The van der Waals surface area contributed by atoms with Gasteiger partial charge in [-0.15, -0.1) is 0 Å². The Morgan fingerprint density at radius 3 is 2.68 bits per heavy atom. The Morgan fingerprint density at radius 2 is 2.05 bits per heavy atom. The highest BCUT2D eigenvalue weighted by Gasteiger charge is 2.31. The second kappa shape index (κ2) is 7.20. The molecule has 22 heavy (non-hydrogen) atoms. The van der Waals surface area contributed by atoms with Crippen LogP contribution in [0.3, 0.4) is 0 Å². The third-order valence-corrected chi connectivity index (χ3v) is 3.74. The lowest BCUT2D eigenvalue weighted by Crippen LogP contribution is -2.18. The number of hydrogen-bond acceptors (Lipinski definition) is 5. The number of carbonyl (C=O) groups excluding carboxylic acids is 1. The number of carbonyl (C=O) groups is 1. The number of halogens is 1. The Labute approximate surface area is 135 Å². The fourth-order valence-electron chi connectivity index (χ4n) is 2.50. The summed E-state index contributed by atoms with van der Waals surface area (Å²) in [5, 5.41) is 10.6. The Bertz CT molecular complexity index is 556.